The largest absolute Gasteiger partial charge is 0.465 e. The zero-order chi connectivity index (χ0) is 14.8. The van der Waals surface area contributed by atoms with Crippen LogP contribution in [0.5, 0.6) is 0 Å². The Bertz CT molecular complexity index is 375. The van der Waals surface area contributed by atoms with Crippen molar-refractivity contribution < 1.29 is 19.1 Å². The molecule has 20 heavy (non-hydrogen) atoms. The first kappa shape index (κ1) is 15.3. The summed E-state index contributed by atoms with van der Waals surface area (Å²) < 4.78 is 10.7. The molecule has 0 spiro atoms. The van der Waals surface area contributed by atoms with Crippen LogP contribution in [0.3, 0.4) is 0 Å². The smallest absolute Gasteiger partial charge is 0.306 e. The van der Waals surface area contributed by atoms with E-state index in [1.807, 2.05) is 0 Å². The van der Waals surface area contributed by atoms with Crippen LogP contribution in [-0.4, -0.2) is 37.7 Å². The summed E-state index contributed by atoms with van der Waals surface area (Å²) in [5.41, 5.74) is 0.0948. The average molecular weight is 283 g/mol. The van der Waals surface area contributed by atoms with Crippen LogP contribution in [0, 0.1) is 17.3 Å². The number of esters is 1. The Morgan fingerprint density at radius 2 is 2.15 bits per heavy atom. The van der Waals surface area contributed by atoms with Gasteiger partial charge in [0.1, 0.15) is 0 Å². The van der Waals surface area contributed by atoms with E-state index in [2.05, 4.69) is 26.1 Å². The maximum absolute atomic E-state index is 11.9. The SMILES string of the molecule is CC(C)(C)[C@H]1OCC[C@@H]1CNC(=O)CC1COC(=O)C1. The predicted octanol–water partition coefficient (Wildman–Crippen LogP) is 1.51. The Morgan fingerprint density at radius 3 is 2.75 bits per heavy atom. The number of ether oxygens (including phenoxy) is 2. The standard InChI is InChI=1S/C15H25NO4/c1-15(2,3)14-11(4-5-19-14)8-16-12(17)6-10-7-13(18)20-9-10/h10-11,14H,4-9H2,1-3H3,(H,16,17)/t10?,11-,14+/m1/s1. The molecule has 2 rings (SSSR count). The minimum absolute atomic E-state index is 0.00728. The van der Waals surface area contributed by atoms with Crippen LogP contribution in [0.2, 0.25) is 0 Å². The van der Waals surface area contributed by atoms with Gasteiger partial charge in [-0.2, -0.15) is 0 Å². The van der Waals surface area contributed by atoms with Crippen molar-refractivity contribution in [2.45, 2.75) is 46.1 Å². The van der Waals surface area contributed by atoms with Crippen LogP contribution >= 0.6 is 0 Å². The molecule has 3 atom stereocenters. The zero-order valence-electron chi connectivity index (χ0n) is 12.6. The van der Waals surface area contributed by atoms with Gasteiger partial charge in [0.2, 0.25) is 5.91 Å². The van der Waals surface area contributed by atoms with Crippen molar-refractivity contribution in [1.29, 1.82) is 0 Å². The van der Waals surface area contributed by atoms with Crippen molar-refractivity contribution >= 4 is 11.9 Å². The van der Waals surface area contributed by atoms with E-state index in [-0.39, 0.29) is 29.3 Å². The van der Waals surface area contributed by atoms with Crippen molar-refractivity contribution in [3.05, 3.63) is 0 Å². The minimum atomic E-state index is -0.195. The molecular formula is C15H25NO4. The molecule has 2 aliphatic rings. The van der Waals surface area contributed by atoms with E-state index in [1.165, 1.54) is 0 Å². The first-order chi connectivity index (χ1) is 9.36. The summed E-state index contributed by atoms with van der Waals surface area (Å²) in [6, 6.07) is 0. The third-order valence-electron chi connectivity index (χ3n) is 4.04. The Hall–Kier alpha value is -1.10. The van der Waals surface area contributed by atoms with E-state index < -0.39 is 0 Å². The van der Waals surface area contributed by atoms with Gasteiger partial charge in [-0.15, -0.1) is 0 Å². The van der Waals surface area contributed by atoms with Gasteiger partial charge in [0.05, 0.1) is 19.1 Å². The van der Waals surface area contributed by atoms with Gasteiger partial charge in [0.15, 0.2) is 0 Å². The number of carbonyl (C=O) groups excluding carboxylic acids is 2. The Labute approximate surface area is 120 Å². The molecule has 114 valence electrons. The lowest BCUT2D eigenvalue weighted by Crippen LogP contribution is -2.39. The summed E-state index contributed by atoms with van der Waals surface area (Å²) in [7, 11) is 0. The topological polar surface area (TPSA) is 64.6 Å². The molecule has 5 heteroatoms. The number of amides is 1. The summed E-state index contributed by atoms with van der Waals surface area (Å²) in [4.78, 5) is 22.9. The van der Waals surface area contributed by atoms with E-state index in [0.29, 0.717) is 31.9 Å². The normalized spacial score (nSPS) is 30.4. The maximum atomic E-state index is 11.9. The molecule has 1 N–H and O–H groups in total. The van der Waals surface area contributed by atoms with Crippen molar-refractivity contribution in [2.75, 3.05) is 19.8 Å². The second-order valence-corrected chi connectivity index (χ2v) is 6.97. The summed E-state index contributed by atoms with van der Waals surface area (Å²) in [6.07, 6.45) is 1.93. The lowest BCUT2D eigenvalue weighted by Gasteiger charge is -2.31. The molecule has 5 nitrogen and oxygen atoms in total. The molecular weight excluding hydrogens is 258 g/mol. The number of hydrogen-bond acceptors (Lipinski definition) is 4. The number of nitrogens with one attached hydrogen (secondary N) is 1. The van der Waals surface area contributed by atoms with Crippen molar-refractivity contribution in [2.24, 2.45) is 17.3 Å². The molecule has 0 radical (unpaired) electrons. The minimum Gasteiger partial charge on any atom is -0.465 e. The predicted molar refractivity (Wildman–Crippen MR) is 74.0 cm³/mol. The molecule has 0 saturated carbocycles. The third kappa shape index (κ3) is 3.95. The van der Waals surface area contributed by atoms with Crippen LogP contribution < -0.4 is 5.32 Å². The monoisotopic (exact) mass is 283 g/mol. The van der Waals surface area contributed by atoms with Gasteiger partial charge in [-0.25, -0.2) is 0 Å². The second-order valence-electron chi connectivity index (χ2n) is 6.97. The van der Waals surface area contributed by atoms with Crippen LogP contribution in [-0.2, 0) is 19.1 Å². The van der Waals surface area contributed by atoms with Crippen molar-refractivity contribution in [3.8, 4) is 0 Å². The fourth-order valence-electron chi connectivity index (χ4n) is 3.07. The van der Waals surface area contributed by atoms with Gasteiger partial charge in [-0.1, -0.05) is 20.8 Å². The van der Waals surface area contributed by atoms with Gasteiger partial charge in [0.25, 0.3) is 0 Å². The van der Waals surface area contributed by atoms with Crippen LogP contribution in [0.25, 0.3) is 0 Å². The highest BCUT2D eigenvalue weighted by molar-refractivity contribution is 5.78. The Morgan fingerprint density at radius 1 is 1.40 bits per heavy atom. The Balaban J connectivity index is 1.74. The van der Waals surface area contributed by atoms with Gasteiger partial charge in [-0.05, 0) is 11.8 Å². The highest BCUT2D eigenvalue weighted by atomic mass is 16.5. The summed E-state index contributed by atoms with van der Waals surface area (Å²) >= 11 is 0. The molecule has 1 unspecified atom stereocenters. The maximum Gasteiger partial charge on any atom is 0.306 e. The molecule has 2 saturated heterocycles. The highest BCUT2D eigenvalue weighted by Gasteiger charge is 2.37. The number of rotatable bonds is 4. The quantitative estimate of drug-likeness (QED) is 0.794. The molecule has 0 aromatic heterocycles. The zero-order valence-corrected chi connectivity index (χ0v) is 12.6. The van der Waals surface area contributed by atoms with E-state index in [4.69, 9.17) is 9.47 Å². The van der Waals surface area contributed by atoms with Crippen LogP contribution in [0.1, 0.15) is 40.0 Å². The molecule has 0 aromatic carbocycles. The van der Waals surface area contributed by atoms with E-state index in [1.54, 1.807) is 0 Å². The number of cyclic esters (lactones) is 1. The fraction of sp³-hybridized carbons (Fsp3) is 0.867. The van der Waals surface area contributed by atoms with Crippen LogP contribution in [0.4, 0.5) is 0 Å². The second kappa shape index (κ2) is 6.12. The van der Waals surface area contributed by atoms with Gasteiger partial charge < -0.3 is 14.8 Å². The molecule has 0 aromatic rings. The van der Waals surface area contributed by atoms with E-state index >= 15 is 0 Å². The third-order valence-corrected chi connectivity index (χ3v) is 4.04. The summed E-state index contributed by atoms with van der Waals surface area (Å²) in [5.74, 6) is 0.230. The summed E-state index contributed by atoms with van der Waals surface area (Å²) in [6.45, 7) is 8.30. The first-order valence-electron chi connectivity index (χ1n) is 7.40. The lowest BCUT2D eigenvalue weighted by molar-refractivity contribution is -0.138. The van der Waals surface area contributed by atoms with Gasteiger partial charge in [0, 0.05) is 31.4 Å². The Kier molecular flexibility index (Phi) is 4.68. The van der Waals surface area contributed by atoms with Crippen LogP contribution in [0.15, 0.2) is 0 Å². The number of hydrogen-bond donors (Lipinski definition) is 1. The lowest BCUT2D eigenvalue weighted by atomic mass is 9.81. The van der Waals surface area contributed by atoms with E-state index in [0.717, 1.165) is 13.0 Å². The fourth-order valence-corrected chi connectivity index (χ4v) is 3.07. The van der Waals surface area contributed by atoms with E-state index in [9.17, 15) is 9.59 Å². The molecule has 0 bridgehead atoms. The van der Waals surface area contributed by atoms with Gasteiger partial charge >= 0.3 is 5.97 Å². The summed E-state index contributed by atoms with van der Waals surface area (Å²) in [5, 5.41) is 2.98. The molecule has 1 amide bonds. The van der Waals surface area contributed by atoms with Crippen molar-refractivity contribution in [3.63, 3.8) is 0 Å². The molecule has 0 aliphatic carbocycles. The first-order valence-corrected chi connectivity index (χ1v) is 7.40. The molecule has 2 heterocycles. The molecule has 2 aliphatic heterocycles. The van der Waals surface area contributed by atoms with Gasteiger partial charge in [-0.3, -0.25) is 9.59 Å². The average Bonchev–Trinajstić information content (AvgIpc) is 2.94. The van der Waals surface area contributed by atoms with Crippen molar-refractivity contribution in [1.82, 2.24) is 5.32 Å². The highest BCUT2D eigenvalue weighted by Crippen LogP contribution is 2.34. The number of carbonyl (C=O) groups is 2. The molecule has 2 fully saturated rings.